The second-order valence-electron chi connectivity index (χ2n) is 6.71. The van der Waals surface area contributed by atoms with Crippen molar-refractivity contribution in [3.8, 4) is 0 Å². The van der Waals surface area contributed by atoms with E-state index in [-0.39, 0.29) is 11.9 Å². The molecule has 1 unspecified atom stereocenters. The molecule has 4 rings (SSSR count). The normalized spacial score (nSPS) is 12.5. The zero-order valence-electron chi connectivity index (χ0n) is 15.8. The Balaban J connectivity index is 1.46. The van der Waals surface area contributed by atoms with E-state index in [2.05, 4.69) is 44.5 Å². The van der Waals surface area contributed by atoms with Crippen LogP contribution in [0.4, 0.5) is 0 Å². The largest absolute Gasteiger partial charge is 0.347 e. The minimum absolute atomic E-state index is 0.0246. The van der Waals surface area contributed by atoms with Crippen molar-refractivity contribution in [2.75, 3.05) is 12.0 Å². The lowest BCUT2D eigenvalue weighted by Crippen LogP contribution is -2.31. The van der Waals surface area contributed by atoms with Gasteiger partial charge in [-0.25, -0.2) is 0 Å². The number of amides is 1. The van der Waals surface area contributed by atoms with E-state index in [0.717, 1.165) is 29.2 Å². The van der Waals surface area contributed by atoms with Gasteiger partial charge in [-0.2, -0.15) is 11.8 Å². The second kappa shape index (κ2) is 8.48. The number of carbonyl (C=O) groups excluding carboxylic acids is 1. The summed E-state index contributed by atoms with van der Waals surface area (Å²) in [7, 11) is 0. The highest BCUT2D eigenvalue weighted by Gasteiger charge is 2.20. The van der Waals surface area contributed by atoms with E-state index in [1.807, 2.05) is 47.1 Å². The molecule has 7 heteroatoms. The van der Waals surface area contributed by atoms with Crippen LogP contribution < -0.4 is 5.32 Å². The predicted molar refractivity (Wildman–Crippen MR) is 113 cm³/mol. The lowest BCUT2D eigenvalue weighted by molar-refractivity contribution is -0.122. The third-order valence-corrected chi connectivity index (χ3v) is 5.50. The van der Waals surface area contributed by atoms with Gasteiger partial charge in [-0.1, -0.05) is 24.3 Å². The number of rotatable bonds is 8. The zero-order chi connectivity index (χ0) is 19.3. The van der Waals surface area contributed by atoms with Gasteiger partial charge in [0.25, 0.3) is 0 Å². The Hall–Kier alpha value is -2.80. The summed E-state index contributed by atoms with van der Waals surface area (Å²) in [6, 6.07) is 15.9. The van der Waals surface area contributed by atoms with Crippen molar-refractivity contribution < 1.29 is 4.79 Å². The molecule has 1 atom stereocenters. The van der Waals surface area contributed by atoms with Gasteiger partial charge in [0.15, 0.2) is 11.5 Å². The Kier molecular flexibility index (Phi) is 5.62. The first-order valence-electron chi connectivity index (χ1n) is 9.38. The van der Waals surface area contributed by atoms with Crippen LogP contribution in [0.5, 0.6) is 0 Å². The predicted octanol–water partition coefficient (Wildman–Crippen LogP) is 3.68. The number of hydrogen-bond acceptors (Lipinski definition) is 4. The molecule has 0 spiro atoms. The van der Waals surface area contributed by atoms with Gasteiger partial charge in [0.05, 0.1) is 6.04 Å². The highest BCUT2D eigenvalue weighted by Crippen LogP contribution is 2.19. The summed E-state index contributed by atoms with van der Waals surface area (Å²) in [5.41, 5.74) is 1.94. The lowest BCUT2D eigenvalue weighted by atomic mass is 10.2. The number of hydrogen-bond donors (Lipinski definition) is 1. The molecule has 1 aromatic carbocycles. The Morgan fingerprint density at radius 2 is 1.96 bits per heavy atom. The van der Waals surface area contributed by atoms with Crippen molar-refractivity contribution in [3.05, 3.63) is 66.7 Å². The molecule has 0 aliphatic heterocycles. The molecule has 0 aliphatic rings. The number of carbonyl (C=O) groups is 1. The lowest BCUT2D eigenvalue weighted by Gasteiger charge is -2.17. The molecule has 3 heterocycles. The van der Waals surface area contributed by atoms with Gasteiger partial charge < -0.3 is 9.88 Å². The van der Waals surface area contributed by atoms with E-state index in [1.54, 1.807) is 11.8 Å². The molecule has 4 aromatic rings. The summed E-state index contributed by atoms with van der Waals surface area (Å²) in [6.07, 6.45) is 7.28. The van der Waals surface area contributed by atoms with Gasteiger partial charge >= 0.3 is 0 Å². The summed E-state index contributed by atoms with van der Waals surface area (Å²) < 4.78 is 4.07. The Labute approximate surface area is 168 Å². The highest BCUT2D eigenvalue weighted by atomic mass is 32.2. The van der Waals surface area contributed by atoms with Crippen LogP contribution in [0.25, 0.3) is 16.6 Å². The van der Waals surface area contributed by atoms with Gasteiger partial charge in [-0.3, -0.25) is 9.20 Å². The molecule has 0 radical (unpaired) electrons. The van der Waals surface area contributed by atoms with E-state index in [9.17, 15) is 4.79 Å². The molecule has 0 fully saturated rings. The number of aromatic nitrogens is 4. The fraction of sp³-hybridized carbons (Fsp3) is 0.286. The number of thioether (sulfide) groups is 1. The topological polar surface area (TPSA) is 64.2 Å². The van der Waals surface area contributed by atoms with Crippen LogP contribution in [-0.4, -0.2) is 37.1 Å². The number of fused-ring (bicyclic) bond motifs is 2. The standard InChI is InChI=1S/C21H23N5OS/c1-28-15-11-17(21-24-23-19-8-4-5-12-26(19)21)22-20(27)10-14-25-13-9-16-6-2-3-7-18(16)25/h2-9,12-13,17H,10-11,14-15H2,1H3,(H,22,27). The van der Waals surface area contributed by atoms with E-state index in [4.69, 9.17) is 0 Å². The van der Waals surface area contributed by atoms with E-state index >= 15 is 0 Å². The van der Waals surface area contributed by atoms with Gasteiger partial charge in [0, 0.05) is 30.9 Å². The second-order valence-corrected chi connectivity index (χ2v) is 7.69. The van der Waals surface area contributed by atoms with Crippen LogP contribution in [0.1, 0.15) is 24.7 Å². The summed E-state index contributed by atoms with van der Waals surface area (Å²) in [5.74, 6) is 1.75. The average molecular weight is 394 g/mol. The molecular weight excluding hydrogens is 370 g/mol. The summed E-state index contributed by atoms with van der Waals surface area (Å²) >= 11 is 1.76. The van der Waals surface area contributed by atoms with Gasteiger partial charge in [0.2, 0.25) is 5.91 Å². The molecule has 3 aromatic heterocycles. The van der Waals surface area contributed by atoms with Crippen molar-refractivity contribution >= 4 is 34.2 Å². The molecule has 0 saturated heterocycles. The van der Waals surface area contributed by atoms with Gasteiger partial charge in [-0.05, 0) is 48.1 Å². The van der Waals surface area contributed by atoms with E-state index < -0.39 is 0 Å². The van der Waals surface area contributed by atoms with Crippen molar-refractivity contribution in [1.82, 2.24) is 24.5 Å². The molecule has 0 bridgehead atoms. The molecule has 0 aliphatic carbocycles. The van der Waals surface area contributed by atoms with Crippen LogP contribution >= 0.6 is 11.8 Å². The molecular formula is C21H23N5OS. The summed E-state index contributed by atoms with van der Waals surface area (Å²) in [5, 5.41) is 12.9. The van der Waals surface area contributed by atoms with Crippen LogP contribution in [0.2, 0.25) is 0 Å². The van der Waals surface area contributed by atoms with Crippen LogP contribution in [0, 0.1) is 0 Å². The summed E-state index contributed by atoms with van der Waals surface area (Å²) in [6.45, 7) is 0.648. The number of pyridine rings is 1. The van der Waals surface area contributed by atoms with Crippen molar-refractivity contribution in [3.63, 3.8) is 0 Å². The number of aryl methyl sites for hydroxylation is 1. The SMILES string of the molecule is CSCCC(NC(=O)CCn1ccc2ccccc21)c1nnc2ccccn12. The van der Waals surface area contributed by atoms with Gasteiger partial charge in [-0.15, -0.1) is 10.2 Å². The first-order valence-corrected chi connectivity index (χ1v) is 10.8. The van der Waals surface area contributed by atoms with Crippen molar-refractivity contribution in [1.29, 1.82) is 0 Å². The Morgan fingerprint density at radius 1 is 1.11 bits per heavy atom. The Morgan fingerprint density at radius 3 is 2.86 bits per heavy atom. The molecule has 1 N–H and O–H groups in total. The fourth-order valence-corrected chi connectivity index (χ4v) is 3.89. The van der Waals surface area contributed by atoms with Crippen molar-refractivity contribution in [2.24, 2.45) is 0 Å². The number of nitrogens with zero attached hydrogens (tertiary/aromatic N) is 4. The Bertz CT molecular complexity index is 1090. The van der Waals surface area contributed by atoms with Crippen LogP contribution in [-0.2, 0) is 11.3 Å². The number of para-hydroxylation sites is 1. The maximum absolute atomic E-state index is 12.7. The minimum Gasteiger partial charge on any atom is -0.347 e. The highest BCUT2D eigenvalue weighted by molar-refractivity contribution is 7.98. The quantitative estimate of drug-likeness (QED) is 0.496. The first kappa shape index (κ1) is 18.6. The monoisotopic (exact) mass is 393 g/mol. The number of benzene rings is 1. The van der Waals surface area contributed by atoms with E-state index in [1.165, 1.54) is 5.39 Å². The fourth-order valence-electron chi connectivity index (χ4n) is 3.42. The maximum Gasteiger partial charge on any atom is 0.222 e. The number of nitrogens with one attached hydrogen (secondary N) is 1. The maximum atomic E-state index is 12.7. The molecule has 1 amide bonds. The van der Waals surface area contributed by atoms with Gasteiger partial charge in [0.1, 0.15) is 0 Å². The van der Waals surface area contributed by atoms with Crippen LogP contribution in [0.3, 0.4) is 0 Å². The average Bonchev–Trinajstić information content (AvgIpc) is 3.34. The van der Waals surface area contributed by atoms with Crippen LogP contribution in [0.15, 0.2) is 60.9 Å². The zero-order valence-corrected chi connectivity index (χ0v) is 16.6. The molecule has 28 heavy (non-hydrogen) atoms. The molecule has 6 nitrogen and oxygen atoms in total. The summed E-state index contributed by atoms with van der Waals surface area (Å²) in [4.78, 5) is 12.7. The molecule has 0 saturated carbocycles. The minimum atomic E-state index is -0.154. The third kappa shape index (κ3) is 3.89. The molecule has 144 valence electrons. The third-order valence-electron chi connectivity index (χ3n) is 4.86. The smallest absolute Gasteiger partial charge is 0.222 e. The van der Waals surface area contributed by atoms with E-state index in [0.29, 0.717) is 13.0 Å². The first-order chi connectivity index (χ1) is 13.8. The van der Waals surface area contributed by atoms with Crippen molar-refractivity contribution in [2.45, 2.75) is 25.4 Å².